The highest BCUT2D eigenvalue weighted by atomic mass is 16.1. The summed E-state index contributed by atoms with van der Waals surface area (Å²) in [6.07, 6.45) is 0.891. The summed E-state index contributed by atoms with van der Waals surface area (Å²) in [4.78, 5) is 16.9. The van der Waals surface area contributed by atoms with Gasteiger partial charge in [-0.1, -0.05) is 72.3 Å². The van der Waals surface area contributed by atoms with Gasteiger partial charge < -0.3 is 0 Å². The van der Waals surface area contributed by atoms with Gasteiger partial charge in [0.25, 0.3) is 0 Å². The van der Waals surface area contributed by atoms with Crippen LogP contribution < -0.4 is 0 Å². The van der Waals surface area contributed by atoms with Gasteiger partial charge in [-0.25, -0.2) is 4.98 Å². The average Bonchev–Trinajstić information content (AvgIpc) is 3.09. The Morgan fingerprint density at radius 2 is 1.46 bits per heavy atom. The zero-order valence-electron chi connectivity index (χ0n) is 14.5. The van der Waals surface area contributed by atoms with Crippen molar-refractivity contribution in [2.75, 3.05) is 0 Å². The molecule has 4 rings (SSSR count). The van der Waals surface area contributed by atoms with Crippen LogP contribution in [0.4, 0.5) is 0 Å². The lowest BCUT2D eigenvalue weighted by Gasteiger charge is -2.10. The number of carbonyl (C=O) groups is 1. The van der Waals surface area contributed by atoms with Gasteiger partial charge in [0.2, 0.25) is 0 Å². The van der Waals surface area contributed by atoms with Crippen LogP contribution in [0.1, 0.15) is 16.1 Å². The first-order valence-electron chi connectivity index (χ1n) is 8.54. The third kappa shape index (κ3) is 2.84. The molecular weight excluding hydrogens is 320 g/mol. The lowest BCUT2D eigenvalue weighted by molar-refractivity contribution is 0.111. The van der Waals surface area contributed by atoms with Crippen molar-refractivity contribution in [3.8, 4) is 28.3 Å². The van der Waals surface area contributed by atoms with E-state index in [0.29, 0.717) is 11.4 Å². The number of aromatic nitrogens is 2. The van der Waals surface area contributed by atoms with Crippen LogP contribution in [-0.2, 0) is 0 Å². The Bertz CT molecular complexity index is 1050. The first-order valence-corrected chi connectivity index (χ1v) is 8.54. The number of hydrogen-bond donors (Lipinski definition) is 0. The van der Waals surface area contributed by atoms with E-state index >= 15 is 0 Å². The van der Waals surface area contributed by atoms with E-state index in [4.69, 9.17) is 4.98 Å². The molecule has 0 N–H and O–H groups in total. The van der Waals surface area contributed by atoms with E-state index in [1.807, 2.05) is 77.4 Å². The Balaban J connectivity index is 2.04. The van der Waals surface area contributed by atoms with E-state index in [9.17, 15) is 4.79 Å². The SMILES string of the molecule is Cc1cccc(-c2nc(-c3ccccc3)c(C=O)n2-c2ccccc2)c1. The topological polar surface area (TPSA) is 34.9 Å². The summed E-state index contributed by atoms with van der Waals surface area (Å²) in [5, 5.41) is 0. The Labute approximate surface area is 152 Å². The van der Waals surface area contributed by atoms with Crippen molar-refractivity contribution in [3.05, 3.63) is 96.2 Å². The molecule has 0 bridgehead atoms. The van der Waals surface area contributed by atoms with E-state index in [2.05, 4.69) is 19.1 Å². The minimum absolute atomic E-state index is 0.555. The molecule has 0 aliphatic heterocycles. The number of aryl methyl sites for hydroxylation is 1. The lowest BCUT2D eigenvalue weighted by Crippen LogP contribution is -2.02. The molecule has 0 aliphatic rings. The first-order chi connectivity index (χ1) is 12.8. The van der Waals surface area contributed by atoms with Gasteiger partial charge in [-0.05, 0) is 25.1 Å². The summed E-state index contributed by atoms with van der Waals surface area (Å²) in [6.45, 7) is 2.05. The standard InChI is InChI=1S/C23H18N2O/c1-17-9-8-12-19(15-17)23-24-22(18-10-4-2-5-11-18)21(16-26)25(23)20-13-6-3-7-14-20/h2-16H,1H3. The number of para-hydroxylation sites is 1. The summed E-state index contributed by atoms with van der Waals surface area (Å²) in [5.74, 6) is 0.765. The summed E-state index contributed by atoms with van der Waals surface area (Å²) in [7, 11) is 0. The maximum atomic E-state index is 12.0. The third-order valence-electron chi connectivity index (χ3n) is 4.36. The molecule has 0 unspecified atom stereocenters. The number of benzene rings is 3. The predicted molar refractivity (Wildman–Crippen MR) is 105 cm³/mol. The molecule has 3 heteroatoms. The maximum Gasteiger partial charge on any atom is 0.169 e. The average molecular weight is 338 g/mol. The molecule has 0 radical (unpaired) electrons. The molecule has 3 nitrogen and oxygen atoms in total. The highest BCUT2D eigenvalue weighted by molar-refractivity contribution is 5.87. The van der Waals surface area contributed by atoms with Crippen LogP contribution in [0, 0.1) is 6.92 Å². The summed E-state index contributed by atoms with van der Waals surface area (Å²) in [6, 6.07) is 27.9. The van der Waals surface area contributed by atoms with E-state index in [1.165, 1.54) is 0 Å². The molecule has 0 aliphatic carbocycles. The fraction of sp³-hybridized carbons (Fsp3) is 0.0435. The van der Waals surface area contributed by atoms with Crippen LogP contribution in [-0.4, -0.2) is 15.8 Å². The number of aldehydes is 1. The van der Waals surface area contributed by atoms with E-state index in [-0.39, 0.29) is 0 Å². The molecule has 0 amide bonds. The lowest BCUT2D eigenvalue weighted by atomic mass is 10.1. The van der Waals surface area contributed by atoms with Gasteiger partial charge in [-0.15, -0.1) is 0 Å². The van der Waals surface area contributed by atoms with Gasteiger partial charge in [0.15, 0.2) is 6.29 Å². The second-order valence-corrected chi connectivity index (χ2v) is 6.19. The summed E-state index contributed by atoms with van der Waals surface area (Å²) >= 11 is 0. The number of carbonyl (C=O) groups excluding carboxylic acids is 1. The van der Waals surface area contributed by atoms with Crippen molar-refractivity contribution >= 4 is 6.29 Å². The fourth-order valence-electron chi connectivity index (χ4n) is 3.17. The Kier molecular flexibility index (Phi) is 4.20. The largest absolute Gasteiger partial charge is 0.296 e. The van der Waals surface area contributed by atoms with Crippen molar-refractivity contribution in [1.82, 2.24) is 9.55 Å². The highest BCUT2D eigenvalue weighted by Gasteiger charge is 2.20. The first kappa shape index (κ1) is 16.0. The molecule has 1 heterocycles. The Hall–Kier alpha value is -3.46. The number of hydrogen-bond acceptors (Lipinski definition) is 2. The van der Waals surface area contributed by atoms with Crippen LogP contribution in [0.5, 0.6) is 0 Å². The zero-order valence-corrected chi connectivity index (χ0v) is 14.5. The van der Waals surface area contributed by atoms with Crippen molar-refractivity contribution in [3.63, 3.8) is 0 Å². The van der Waals surface area contributed by atoms with E-state index in [0.717, 1.165) is 34.5 Å². The highest BCUT2D eigenvalue weighted by Crippen LogP contribution is 2.31. The smallest absolute Gasteiger partial charge is 0.169 e. The monoisotopic (exact) mass is 338 g/mol. The van der Waals surface area contributed by atoms with Gasteiger partial charge in [0.1, 0.15) is 17.2 Å². The van der Waals surface area contributed by atoms with E-state index < -0.39 is 0 Å². The normalized spacial score (nSPS) is 10.7. The zero-order chi connectivity index (χ0) is 17.9. The molecule has 0 spiro atoms. The molecule has 26 heavy (non-hydrogen) atoms. The molecule has 1 aromatic heterocycles. The number of rotatable bonds is 4. The van der Waals surface area contributed by atoms with Crippen LogP contribution >= 0.6 is 0 Å². The van der Waals surface area contributed by atoms with Gasteiger partial charge in [-0.3, -0.25) is 9.36 Å². The molecule has 126 valence electrons. The third-order valence-corrected chi connectivity index (χ3v) is 4.36. The molecule has 0 atom stereocenters. The summed E-state index contributed by atoms with van der Waals surface area (Å²) < 4.78 is 1.93. The van der Waals surface area contributed by atoms with Crippen molar-refractivity contribution in [2.45, 2.75) is 6.92 Å². The van der Waals surface area contributed by atoms with Crippen molar-refractivity contribution in [1.29, 1.82) is 0 Å². The van der Waals surface area contributed by atoms with Crippen LogP contribution in [0.15, 0.2) is 84.9 Å². The van der Waals surface area contributed by atoms with Crippen LogP contribution in [0.3, 0.4) is 0 Å². The number of nitrogens with zero attached hydrogens (tertiary/aromatic N) is 2. The molecule has 0 saturated carbocycles. The van der Waals surface area contributed by atoms with Gasteiger partial charge in [0.05, 0.1) is 0 Å². The summed E-state index contributed by atoms with van der Waals surface area (Å²) in [5.41, 5.74) is 5.23. The molecule has 0 saturated heterocycles. The quantitative estimate of drug-likeness (QED) is 0.472. The van der Waals surface area contributed by atoms with E-state index in [1.54, 1.807) is 0 Å². The second-order valence-electron chi connectivity index (χ2n) is 6.19. The van der Waals surface area contributed by atoms with Crippen LogP contribution in [0.25, 0.3) is 28.3 Å². The second kappa shape index (κ2) is 6.81. The minimum atomic E-state index is 0.555. The maximum absolute atomic E-state index is 12.0. The van der Waals surface area contributed by atoms with Gasteiger partial charge >= 0.3 is 0 Å². The Morgan fingerprint density at radius 3 is 2.12 bits per heavy atom. The van der Waals surface area contributed by atoms with Crippen molar-refractivity contribution < 1.29 is 4.79 Å². The Morgan fingerprint density at radius 1 is 0.808 bits per heavy atom. The van der Waals surface area contributed by atoms with Gasteiger partial charge in [-0.2, -0.15) is 0 Å². The minimum Gasteiger partial charge on any atom is -0.296 e. The molecular formula is C23H18N2O. The van der Waals surface area contributed by atoms with Gasteiger partial charge in [0, 0.05) is 16.8 Å². The predicted octanol–water partition coefficient (Wildman–Crippen LogP) is 5.33. The van der Waals surface area contributed by atoms with Crippen molar-refractivity contribution in [2.24, 2.45) is 0 Å². The number of imidazole rings is 1. The molecule has 0 fully saturated rings. The fourth-order valence-corrected chi connectivity index (χ4v) is 3.17. The molecule has 3 aromatic carbocycles. The van der Waals surface area contributed by atoms with Crippen LogP contribution in [0.2, 0.25) is 0 Å². The molecule has 4 aromatic rings.